The van der Waals surface area contributed by atoms with Gasteiger partial charge in [0.25, 0.3) is 0 Å². The van der Waals surface area contributed by atoms with Gasteiger partial charge >= 0.3 is 5.97 Å². The van der Waals surface area contributed by atoms with Gasteiger partial charge in [-0.2, -0.15) is 0 Å². The Labute approximate surface area is 180 Å². The summed E-state index contributed by atoms with van der Waals surface area (Å²) >= 11 is 3.08. The fourth-order valence-corrected chi connectivity index (χ4v) is 5.74. The van der Waals surface area contributed by atoms with Crippen molar-refractivity contribution in [2.75, 3.05) is 18.2 Å². The molecule has 29 heavy (non-hydrogen) atoms. The number of nitrogens with one attached hydrogen (secondary N) is 1. The highest BCUT2D eigenvalue weighted by Crippen LogP contribution is 2.44. The number of rotatable bonds is 6. The average Bonchev–Trinajstić information content (AvgIpc) is 3.04. The van der Waals surface area contributed by atoms with E-state index in [1.54, 1.807) is 18.0 Å². The number of pyridine rings is 1. The van der Waals surface area contributed by atoms with E-state index in [1.165, 1.54) is 23.3 Å². The number of aromatic nitrogens is 1. The maximum Gasteiger partial charge on any atom is 0.341 e. The molecule has 0 radical (unpaired) electrons. The van der Waals surface area contributed by atoms with Crippen LogP contribution in [0.4, 0.5) is 5.00 Å². The third kappa shape index (κ3) is 5.39. The monoisotopic (exact) mass is 432 g/mol. The van der Waals surface area contributed by atoms with Gasteiger partial charge in [-0.1, -0.05) is 26.8 Å². The molecule has 0 aliphatic heterocycles. The van der Waals surface area contributed by atoms with Gasteiger partial charge in [-0.05, 0) is 48.3 Å². The van der Waals surface area contributed by atoms with E-state index in [2.05, 4.69) is 31.1 Å². The number of nitrogens with zero attached hydrogens (tertiary/aromatic N) is 1. The van der Waals surface area contributed by atoms with Gasteiger partial charge in [0.2, 0.25) is 5.91 Å². The minimum Gasteiger partial charge on any atom is -0.465 e. The predicted molar refractivity (Wildman–Crippen MR) is 119 cm³/mol. The second-order valence-corrected chi connectivity index (χ2v) is 10.5. The van der Waals surface area contributed by atoms with Crippen molar-refractivity contribution in [1.29, 1.82) is 0 Å². The van der Waals surface area contributed by atoms with Gasteiger partial charge in [-0.15, -0.1) is 23.1 Å². The number of hydrogen-bond acceptors (Lipinski definition) is 6. The Kier molecular flexibility index (Phi) is 7.01. The molecule has 1 aliphatic carbocycles. The highest BCUT2D eigenvalue weighted by atomic mass is 32.2. The van der Waals surface area contributed by atoms with Crippen LogP contribution in [0.1, 0.15) is 54.4 Å². The molecule has 5 nitrogen and oxygen atoms in total. The first-order valence-corrected chi connectivity index (χ1v) is 11.7. The molecule has 0 saturated carbocycles. The Morgan fingerprint density at radius 1 is 1.34 bits per heavy atom. The zero-order valence-corrected chi connectivity index (χ0v) is 19.0. The highest BCUT2D eigenvalue weighted by Gasteiger charge is 2.34. The van der Waals surface area contributed by atoms with Crippen LogP contribution in [0.2, 0.25) is 0 Å². The Balaban J connectivity index is 1.70. The lowest BCUT2D eigenvalue weighted by molar-refractivity contribution is -0.115. The van der Waals surface area contributed by atoms with Crippen molar-refractivity contribution in [2.24, 2.45) is 11.3 Å². The molecule has 2 aromatic rings. The number of anilines is 1. The van der Waals surface area contributed by atoms with Gasteiger partial charge in [0.15, 0.2) is 0 Å². The molecule has 0 fully saturated rings. The van der Waals surface area contributed by atoms with Crippen molar-refractivity contribution >= 4 is 40.0 Å². The fourth-order valence-electron chi connectivity index (χ4n) is 3.60. The van der Waals surface area contributed by atoms with Crippen molar-refractivity contribution in [3.05, 3.63) is 40.4 Å². The van der Waals surface area contributed by atoms with Crippen molar-refractivity contribution in [1.82, 2.24) is 4.98 Å². The van der Waals surface area contributed by atoms with E-state index in [4.69, 9.17) is 4.74 Å². The van der Waals surface area contributed by atoms with E-state index in [-0.39, 0.29) is 17.3 Å². The number of carbonyl (C=O) groups excluding carboxylic acids is 2. The van der Waals surface area contributed by atoms with E-state index in [1.807, 2.05) is 18.2 Å². The van der Waals surface area contributed by atoms with Gasteiger partial charge < -0.3 is 10.1 Å². The molecule has 0 bridgehead atoms. The Morgan fingerprint density at radius 2 is 2.14 bits per heavy atom. The van der Waals surface area contributed by atoms with Gasteiger partial charge in [0.05, 0.1) is 17.7 Å². The molecule has 0 saturated heterocycles. The van der Waals surface area contributed by atoms with Crippen LogP contribution in [-0.4, -0.2) is 29.7 Å². The third-order valence-electron chi connectivity index (χ3n) is 5.35. The molecule has 3 rings (SSSR count). The SMILES string of the molecule is COC(=O)c1c(NC(=O)CCSc2ccccn2)sc2c1CCC(C(C)(C)C)C2. The summed E-state index contributed by atoms with van der Waals surface area (Å²) in [7, 11) is 1.39. The summed E-state index contributed by atoms with van der Waals surface area (Å²) in [4.78, 5) is 30.4. The minimum absolute atomic E-state index is 0.0930. The Bertz CT molecular complexity index is 872. The topological polar surface area (TPSA) is 68.3 Å². The van der Waals surface area contributed by atoms with Crippen LogP contribution in [0.5, 0.6) is 0 Å². The lowest BCUT2D eigenvalue weighted by Gasteiger charge is -2.33. The minimum atomic E-state index is -0.366. The van der Waals surface area contributed by atoms with E-state index >= 15 is 0 Å². The summed E-state index contributed by atoms with van der Waals surface area (Å²) in [6.07, 6.45) is 4.94. The van der Waals surface area contributed by atoms with E-state index in [0.29, 0.717) is 28.7 Å². The van der Waals surface area contributed by atoms with Crippen LogP contribution >= 0.6 is 23.1 Å². The van der Waals surface area contributed by atoms with Crippen molar-refractivity contribution in [2.45, 2.75) is 51.5 Å². The van der Waals surface area contributed by atoms with Gasteiger partial charge in [-0.25, -0.2) is 9.78 Å². The van der Waals surface area contributed by atoms with E-state index in [9.17, 15) is 9.59 Å². The normalized spacial score (nSPS) is 16.2. The maximum absolute atomic E-state index is 12.5. The molecule has 0 spiro atoms. The Morgan fingerprint density at radius 3 is 2.79 bits per heavy atom. The average molecular weight is 433 g/mol. The highest BCUT2D eigenvalue weighted by molar-refractivity contribution is 7.99. The lowest BCUT2D eigenvalue weighted by atomic mass is 9.72. The second kappa shape index (κ2) is 9.30. The molecule has 1 N–H and O–H groups in total. The largest absolute Gasteiger partial charge is 0.465 e. The number of amides is 1. The zero-order valence-electron chi connectivity index (χ0n) is 17.4. The van der Waals surface area contributed by atoms with Crippen LogP contribution in [0.25, 0.3) is 0 Å². The van der Waals surface area contributed by atoms with Crippen LogP contribution in [0, 0.1) is 11.3 Å². The standard InChI is InChI=1S/C22H28N2O3S2/c1-22(2,3)14-8-9-15-16(13-14)29-20(19(15)21(26)27-4)24-17(25)10-12-28-18-7-5-6-11-23-18/h5-7,11,14H,8-10,12-13H2,1-4H3,(H,24,25). The van der Waals surface area contributed by atoms with Crippen molar-refractivity contribution < 1.29 is 14.3 Å². The first-order chi connectivity index (χ1) is 13.8. The predicted octanol–water partition coefficient (Wildman–Crippen LogP) is 5.20. The molecule has 1 unspecified atom stereocenters. The molecule has 7 heteroatoms. The number of carbonyl (C=O) groups is 2. The van der Waals surface area contributed by atoms with Gasteiger partial charge in [-0.3, -0.25) is 4.79 Å². The first-order valence-electron chi connectivity index (χ1n) is 9.86. The van der Waals surface area contributed by atoms with Crippen LogP contribution in [-0.2, 0) is 22.4 Å². The maximum atomic E-state index is 12.5. The Hall–Kier alpha value is -1.86. The number of esters is 1. The molecule has 1 atom stereocenters. The molecule has 1 aliphatic rings. The molecular weight excluding hydrogens is 404 g/mol. The quantitative estimate of drug-likeness (QED) is 0.502. The first kappa shape index (κ1) is 21.8. The van der Waals surface area contributed by atoms with E-state index in [0.717, 1.165) is 29.9 Å². The number of thiophene rings is 1. The van der Waals surface area contributed by atoms with E-state index < -0.39 is 0 Å². The summed E-state index contributed by atoms with van der Waals surface area (Å²) in [5.74, 6) is 0.741. The number of ether oxygens (including phenoxy) is 1. The second-order valence-electron chi connectivity index (χ2n) is 8.32. The molecular formula is C22H28N2O3S2. The summed E-state index contributed by atoms with van der Waals surface area (Å²) in [6.45, 7) is 6.79. The zero-order chi connectivity index (χ0) is 21.0. The molecule has 0 aromatic carbocycles. The summed E-state index contributed by atoms with van der Waals surface area (Å²) < 4.78 is 5.02. The fraction of sp³-hybridized carbons (Fsp3) is 0.500. The van der Waals surface area contributed by atoms with Crippen LogP contribution < -0.4 is 5.32 Å². The van der Waals surface area contributed by atoms with Crippen molar-refractivity contribution in [3.63, 3.8) is 0 Å². The summed E-state index contributed by atoms with van der Waals surface area (Å²) in [6, 6.07) is 5.73. The molecule has 156 valence electrons. The molecule has 2 heterocycles. The molecule has 1 amide bonds. The molecule has 2 aromatic heterocycles. The van der Waals surface area contributed by atoms with Crippen LogP contribution in [0.3, 0.4) is 0 Å². The van der Waals surface area contributed by atoms with Gasteiger partial charge in [0.1, 0.15) is 5.00 Å². The number of methoxy groups -OCH3 is 1. The van der Waals surface area contributed by atoms with Crippen molar-refractivity contribution in [3.8, 4) is 0 Å². The number of thioether (sulfide) groups is 1. The number of hydrogen-bond donors (Lipinski definition) is 1. The summed E-state index contributed by atoms with van der Waals surface area (Å²) in [5.41, 5.74) is 1.82. The lowest BCUT2D eigenvalue weighted by Crippen LogP contribution is -2.26. The van der Waals surface area contributed by atoms with Gasteiger partial charge in [0, 0.05) is 23.2 Å². The number of fused-ring (bicyclic) bond motifs is 1. The smallest absolute Gasteiger partial charge is 0.341 e. The van der Waals surface area contributed by atoms with Crippen LogP contribution in [0.15, 0.2) is 29.4 Å². The summed E-state index contributed by atoms with van der Waals surface area (Å²) in [5, 5.41) is 4.50. The third-order valence-corrected chi connectivity index (χ3v) is 7.46.